The van der Waals surface area contributed by atoms with Crippen molar-refractivity contribution in [1.82, 2.24) is 0 Å². The third-order valence-electron chi connectivity index (χ3n) is 2.18. The quantitative estimate of drug-likeness (QED) is 0.606. The Bertz CT molecular complexity index is 576. The Kier molecular flexibility index (Phi) is 4.49. The molecule has 0 aliphatic rings. The van der Waals surface area contributed by atoms with Gasteiger partial charge >= 0.3 is 10.1 Å². The summed E-state index contributed by atoms with van der Waals surface area (Å²) >= 11 is 0. The predicted molar refractivity (Wildman–Crippen MR) is 71.2 cm³/mol. The lowest BCUT2D eigenvalue weighted by atomic mass is 10.0. The van der Waals surface area contributed by atoms with Crippen molar-refractivity contribution in [1.29, 1.82) is 0 Å². The standard InChI is InChI=1S/C12H15NO4S/c1-5-10-8-11(16-3)6-7-12(10)9(2)13-17-18(4,14)15/h5-8H,1H2,2-4H3. The van der Waals surface area contributed by atoms with Crippen molar-refractivity contribution in [3.63, 3.8) is 0 Å². The number of methoxy groups -OCH3 is 1. The molecule has 0 atom stereocenters. The van der Waals surface area contributed by atoms with E-state index in [0.29, 0.717) is 11.5 Å². The van der Waals surface area contributed by atoms with Crippen molar-refractivity contribution in [2.45, 2.75) is 6.92 Å². The summed E-state index contributed by atoms with van der Waals surface area (Å²) in [5, 5.41) is 3.57. The molecule has 0 spiro atoms. The second-order valence-corrected chi connectivity index (χ2v) is 5.17. The van der Waals surface area contributed by atoms with E-state index in [2.05, 4.69) is 16.0 Å². The Labute approximate surface area is 107 Å². The Morgan fingerprint density at radius 3 is 2.61 bits per heavy atom. The molecule has 0 aliphatic carbocycles. The zero-order valence-corrected chi connectivity index (χ0v) is 11.3. The first kappa shape index (κ1) is 14.2. The molecule has 6 heteroatoms. The molecule has 0 radical (unpaired) electrons. The first-order valence-corrected chi connectivity index (χ1v) is 6.93. The molecule has 98 valence electrons. The molecule has 5 nitrogen and oxygen atoms in total. The van der Waals surface area contributed by atoms with Gasteiger partial charge in [-0.05, 0) is 30.7 Å². The largest absolute Gasteiger partial charge is 0.497 e. The molecule has 0 unspecified atom stereocenters. The summed E-state index contributed by atoms with van der Waals surface area (Å²) < 4.78 is 31.2. The van der Waals surface area contributed by atoms with Crippen molar-refractivity contribution >= 4 is 21.9 Å². The van der Waals surface area contributed by atoms with Crippen LogP contribution in [0.15, 0.2) is 29.9 Å². The molecule has 0 aliphatic heterocycles. The van der Waals surface area contributed by atoms with Crippen LogP contribution in [-0.2, 0) is 14.4 Å². The van der Waals surface area contributed by atoms with E-state index in [1.54, 1.807) is 38.3 Å². The SMILES string of the molecule is C=Cc1cc(OC)ccc1C(C)=NOS(C)(=O)=O. The number of ether oxygens (including phenoxy) is 1. The maximum atomic E-state index is 10.9. The Balaban J connectivity index is 3.12. The van der Waals surface area contributed by atoms with Crippen molar-refractivity contribution in [2.24, 2.45) is 5.16 Å². The summed E-state index contributed by atoms with van der Waals surface area (Å²) in [6, 6.07) is 5.30. The van der Waals surface area contributed by atoms with Crippen LogP contribution in [0.3, 0.4) is 0 Å². The average Bonchev–Trinajstić information content (AvgIpc) is 2.34. The van der Waals surface area contributed by atoms with Gasteiger partial charge in [-0.25, -0.2) is 0 Å². The van der Waals surface area contributed by atoms with Gasteiger partial charge in [0.15, 0.2) is 0 Å². The van der Waals surface area contributed by atoms with Crippen LogP contribution in [0.2, 0.25) is 0 Å². The van der Waals surface area contributed by atoms with Gasteiger partial charge in [0.1, 0.15) is 5.75 Å². The summed E-state index contributed by atoms with van der Waals surface area (Å²) in [6.45, 7) is 5.34. The Hall–Kier alpha value is -1.82. The monoisotopic (exact) mass is 269 g/mol. The summed E-state index contributed by atoms with van der Waals surface area (Å²) in [7, 11) is -2.03. The van der Waals surface area contributed by atoms with E-state index >= 15 is 0 Å². The maximum absolute atomic E-state index is 10.9. The lowest BCUT2D eigenvalue weighted by Crippen LogP contribution is -2.03. The smallest absolute Gasteiger partial charge is 0.325 e. The van der Waals surface area contributed by atoms with E-state index < -0.39 is 10.1 Å². The van der Waals surface area contributed by atoms with Gasteiger partial charge in [-0.15, -0.1) is 0 Å². The highest BCUT2D eigenvalue weighted by Gasteiger charge is 2.07. The van der Waals surface area contributed by atoms with Crippen molar-refractivity contribution in [3.8, 4) is 5.75 Å². The van der Waals surface area contributed by atoms with Gasteiger partial charge in [0.25, 0.3) is 0 Å². The van der Waals surface area contributed by atoms with Gasteiger partial charge in [-0.1, -0.05) is 17.8 Å². The van der Waals surface area contributed by atoms with Crippen LogP contribution < -0.4 is 4.74 Å². The highest BCUT2D eigenvalue weighted by molar-refractivity contribution is 7.85. The van der Waals surface area contributed by atoms with Gasteiger partial charge in [0, 0.05) is 5.56 Å². The van der Waals surface area contributed by atoms with Crippen LogP contribution in [0.4, 0.5) is 0 Å². The minimum Gasteiger partial charge on any atom is -0.497 e. The van der Waals surface area contributed by atoms with Gasteiger partial charge in [0.05, 0.1) is 19.1 Å². The number of oxime groups is 1. The van der Waals surface area contributed by atoms with Gasteiger partial charge in [-0.3, -0.25) is 4.28 Å². The molecule has 1 aromatic carbocycles. The van der Waals surface area contributed by atoms with Gasteiger partial charge in [-0.2, -0.15) is 8.42 Å². The molecule has 0 fully saturated rings. The third kappa shape index (κ3) is 3.89. The highest BCUT2D eigenvalue weighted by atomic mass is 32.2. The molecule has 0 N–H and O–H groups in total. The minimum absolute atomic E-state index is 0.443. The van der Waals surface area contributed by atoms with E-state index in [0.717, 1.165) is 17.4 Å². The summed E-state index contributed by atoms with van der Waals surface area (Å²) in [4.78, 5) is 0. The molecular weight excluding hydrogens is 254 g/mol. The molecule has 1 rings (SSSR count). The average molecular weight is 269 g/mol. The fourth-order valence-electron chi connectivity index (χ4n) is 1.34. The number of nitrogens with zero attached hydrogens (tertiary/aromatic N) is 1. The summed E-state index contributed by atoms with van der Waals surface area (Å²) in [5.74, 6) is 0.686. The molecule has 0 saturated carbocycles. The molecular formula is C12H15NO4S. The van der Waals surface area contributed by atoms with Crippen LogP contribution in [0.25, 0.3) is 6.08 Å². The van der Waals surface area contributed by atoms with E-state index in [1.807, 2.05) is 0 Å². The van der Waals surface area contributed by atoms with Crippen LogP contribution in [0.1, 0.15) is 18.1 Å². The second-order valence-electron chi connectivity index (χ2n) is 3.61. The fraction of sp³-hybridized carbons (Fsp3) is 0.250. The number of hydrogen-bond donors (Lipinski definition) is 0. The summed E-state index contributed by atoms with van der Waals surface area (Å²) in [6.07, 6.45) is 2.57. The zero-order valence-electron chi connectivity index (χ0n) is 10.5. The zero-order chi connectivity index (χ0) is 13.8. The van der Waals surface area contributed by atoms with E-state index in [-0.39, 0.29) is 0 Å². The first-order valence-electron chi connectivity index (χ1n) is 5.11. The van der Waals surface area contributed by atoms with Crippen LogP contribution in [-0.4, -0.2) is 27.5 Å². The molecule has 0 amide bonds. The van der Waals surface area contributed by atoms with Crippen LogP contribution >= 0.6 is 0 Å². The van der Waals surface area contributed by atoms with Crippen molar-refractivity contribution < 1.29 is 17.4 Å². The highest BCUT2D eigenvalue weighted by Crippen LogP contribution is 2.19. The van der Waals surface area contributed by atoms with Gasteiger partial charge in [0.2, 0.25) is 0 Å². The van der Waals surface area contributed by atoms with Crippen LogP contribution in [0.5, 0.6) is 5.75 Å². The first-order chi connectivity index (χ1) is 8.37. The lowest BCUT2D eigenvalue weighted by molar-refractivity contribution is 0.343. The number of rotatable bonds is 5. The molecule has 0 saturated heterocycles. The second kappa shape index (κ2) is 5.68. The molecule has 0 bridgehead atoms. The van der Waals surface area contributed by atoms with Crippen molar-refractivity contribution in [3.05, 3.63) is 35.9 Å². The minimum atomic E-state index is -3.60. The predicted octanol–water partition coefficient (Wildman–Crippen LogP) is 2.04. The summed E-state index contributed by atoms with van der Waals surface area (Å²) in [5.41, 5.74) is 1.96. The Morgan fingerprint density at radius 2 is 2.11 bits per heavy atom. The van der Waals surface area contributed by atoms with E-state index in [9.17, 15) is 8.42 Å². The topological polar surface area (TPSA) is 65.0 Å². The fourth-order valence-corrected chi connectivity index (χ4v) is 1.59. The van der Waals surface area contributed by atoms with E-state index in [1.165, 1.54) is 0 Å². The van der Waals surface area contributed by atoms with Crippen LogP contribution in [0, 0.1) is 0 Å². The van der Waals surface area contributed by atoms with Gasteiger partial charge < -0.3 is 4.74 Å². The molecule has 1 aromatic rings. The molecule has 0 heterocycles. The number of benzene rings is 1. The Morgan fingerprint density at radius 1 is 1.44 bits per heavy atom. The molecule has 0 aromatic heterocycles. The lowest BCUT2D eigenvalue weighted by Gasteiger charge is -2.07. The maximum Gasteiger partial charge on any atom is 0.325 e. The number of hydrogen-bond acceptors (Lipinski definition) is 5. The van der Waals surface area contributed by atoms with E-state index in [4.69, 9.17) is 4.74 Å². The normalized spacial score (nSPS) is 12.1. The molecule has 18 heavy (non-hydrogen) atoms. The third-order valence-corrected chi connectivity index (χ3v) is 2.52. The van der Waals surface area contributed by atoms with Crippen molar-refractivity contribution in [2.75, 3.05) is 13.4 Å².